The molecule has 1 N–H and O–H groups in total. The maximum Gasteiger partial charge on any atom is 0.321 e. The number of hydrogen-bond acceptors (Lipinski definition) is 2. The Morgan fingerprint density at radius 1 is 0.957 bits per heavy atom. The van der Waals surface area contributed by atoms with Crippen LogP contribution < -0.4 is 5.32 Å². The molecule has 1 aliphatic heterocycles. The molecular formula is C18H18N4O. The van der Waals surface area contributed by atoms with E-state index in [0.717, 1.165) is 35.5 Å². The van der Waals surface area contributed by atoms with Crippen LogP contribution in [0.2, 0.25) is 0 Å². The van der Waals surface area contributed by atoms with Crippen molar-refractivity contribution in [2.45, 2.75) is 13.0 Å². The molecule has 0 fully saturated rings. The van der Waals surface area contributed by atoms with Crippen molar-refractivity contribution in [1.29, 1.82) is 0 Å². The van der Waals surface area contributed by atoms with Gasteiger partial charge in [-0.2, -0.15) is 0 Å². The van der Waals surface area contributed by atoms with Crippen molar-refractivity contribution in [1.82, 2.24) is 14.5 Å². The highest BCUT2D eigenvalue weighted by atomic mass is 16.2. The topological polar surface area (TPSA) is 50.2 Å². The highest BCUT2D eigenvalue weighted by Gasteiger charge is 2.20. The lowest BCUT2D eigenvalue weighted by Crippen LogP contribution is -2.37. The molecule has 0 unspecified atom stereocenters. The van der Waals surface area contributed by atoms with E-state index in [1.165, 1.54) is 0 Å². The molecule has 3 aromatic rings. The summed E-state index contributed by atoms with van der Waals surface area (Å²) in [5.74, 6) is 1.06. The van der Waals surface area contributed by atoms with Crippen molar-refractivity contribution >= 4 is 22.8 Å². The number of rotatable bonds is 1. The maximum absolute atomic E-state index is 12.4. The molecule has 116 valence electrons. The first-order valence-corrected chi connectivity index (χ1v) is 7.86. The molecule has 0 radical (unpaired) electrons. The van der Waals surface area contributed by atoms with Gasteiger partial charge >= 0.3 is 6.03 Å². The first-order chi connectivity index (χ1) is 11.3. The molecule has 0 atom stereocenters. The second-order valence-corrected chi connectivity index (χ2v) is 5.70. The number of para-hydroxylation sites is 3. The highest BCUT2D eigenvalue weighted by Crippen LogP contribution is 2.19. The zero-order chi connectivity index (χ0) is 15.6. The van der Waals surface area contributed by atoms with Gasteiger partial charge in [0.05, 0.1) is 11.0 Å². The molecule has 4 rings (SSSR count). The largest absolute Gasteiger partial charge is 0.326 e. The van der Waals surface area contributed by atoms with Gasteiger partial charge in [-0.3, -0.25) is 0 Å². The minimum absolute atomic E-state index is 0.0498. The molecule has 0 aliphatic carbocycles. The van der Waals surface area contributed by atoms with E-state index in [1.54, 1.807) is 0 Å². The maximum atomic E-state index is 12.4. The van der Waals surface area contributed by atoms with Gasteiger partial charge < -0.3 is 14.8 Å². The Balaban J connectivity index is 1.51. The third-order valence-corrected chi connectivity index (χ3v) is 4.24. The molecule has 0 saturated heterocycles. The van der Waals surface area contributed by atoms with Gasteiger partial charge in [0.2, 0.25) is 0 Å². The summed E-state index contributed by atoms with van der Waals surface area (Å²) in [5.41, 5.74) is 3.00. The predicted molar refractivity (Wildman–Crippen MR) is 90.5 cm³/mol. The van der Waals surface area contributed by atoms with Gasteiger partial charge in [0, 0.05) is 31.7 Å². The third-order valence-electron chi connectivity index (χ3n) is 4.24. The predicted octanol–water partition coefficient (Wildman–Crippen LogP) is 3.13. The Labute approximate surface area is 134 Å². The van der Waals surface area contributed by atoms with E-state index < -0.39 is 0 Å². The van der Waals surface area contributed by atoms with E-state index in [2.05, 4.69) is 16.0 Å². The lowest BCUT2D eigenvalue weighted by Gasteiger charge is -2.20. The average molecular weight is 306 g/mol. The average Bonchev–Trinajstić information content (AvgIpc) is 2.80. The van der Waals surface area contributed by atoms with Crippen molar-refractivity contribution in [3.8, 4) is 0 Å². The highest BCUT2D eigenvalue weighted by molar-refractivity contribution is 5.89. The van der Waals surface area contributed by atoms with Crippen LogP contribution in [0.15, 0.2) is 54.6 Å². The standard InChI is InChI=1S/C18H18N4O/c23-18(19-14-6-2-1-3-7-14)21-11-10-17-20-15-8-4-5-9-16(15)22(17)13-12-21/h1-9H,10-13H2,(H,19,23). The van der Waals surface area contributed by atoms with Crippen molar-refractivity contribution in [3.63, 3.8) is 0 Å². The van der Waals surface area contributed by atoms with Crippen molar-refractivity contribution in [3.05, 3.63) is 60.4 Å². The number of carbonyl (C=O) groups excluding carboxylic acids is 1. The SMILES string of the molecule is O=C(Nc1ccccc1)N1CCc2nc3ccccc3n2CC1. The molecule has 0 saturated carbocycles. The first kappa shape index (κ1) is 13.8. The monoisotopic (exact) mass is 306 g/mol. The van der Waals surface area contributed by atoms with E-state index in [0.29, 0.717) is 13.1 Å². The molecule has 2 aromatic carbocycles. The summed E-state index contributed by atoms with van der Waals surface area (Å²) in [6.45, 7) is 2.14. The van der Waals surface area contributed by atoms with Gasteiger partial charge in [-0.15, -0.1) is 0 Å². The fourth-order valence-corrected chi connectivity index (χ4v) is 3.06. The van der Waals surface area contributed by atoms with Crippen molar-refractivity contribution in [2.24, 2.45) is 0 Å². The Kier molecular flexibility index (Phi) is 3.46. The summed E-state index contributed by atoms with van der Waals surface area (Å²) in [6, 6.07) is 17.7. The van der Waals surface area contributed by atoms with Gasteiger partial charge in [-0.25, -0.2) is 9.78 Å². The molecule has 23 heavy (non-hydrogen) atoms. The number of amides is 2. The summed E-state index contributed by atoms with van der Waals surface area (Å²) in [4.78, 5) is 19.0. The molecule has 5 heteroatoms. The lowest BCUT2D eigenvalue weighted by atomic mass is 10.3. The van der Waals surface area contributed by atoms with Crippen LogP contribution in [0.4, 0.5) is 10.5 Å². The number of carbonyl (C=O) groups is 1. The number of anilines is 1. The lowest BCUT2D eigenvalue weighted by molar-refractivity contribution is 0.213. The van der Waals surface area contributed by atoms with Gasteiger partial charge in [0.25, 0.3) is 0 Å². The second-order valence-electron chi connectivity index (χ2n) is 5.70. The summed E-state index contributed by atoms with van der Waals surface area (Å²) in [6.07, 6.45) is 0.775. The van der Waals surface area contributed by atoms with Gasteiger partial charge in [-0.05, 0) is 24.3 Å². The number of urea groups is 1. The Morgan fingerprint density at radius 2 is 1.74 bits per heavy atom. The number of nitrogens with zero attached hydrogens (tertiary/aromatic N) is 3. The number of fused-ring (bicyclic) bond motifs is 3. The normalized spacial score (nSPS) is 14.3. The minimum atomic E-state index is -0.0498. The van der Waals surface area contributed by atoms with Crippen LogP contribution >= 0.6 is 0 Å². The van der Waals surface area contributed by atoms with Crippen LogP contribution in [-0.4, -0.2) is 33.6 Å². The molecule has 0 spiro atoms. The van der Waals surface area contributed by atoms with Gasteiger partial charge in [0.1, 0.15) is 5.82 Å². The Morgan fingerprint density at radius 3 is 2.61 bits per heavy atom. The van der Waals surface area contributed by atoms with E-state index in [4.69, 9.17) is 4.98 Å². The number of imidazole rings is 1. The van der Waals surface area contributed by atoms with Crippen LogP contribution in [0.1, 0.15) is 5.82 Å². The molecule has 2 heterocycles. The number of benzene rings is 2. The zero-order valence-electron chi connectivity index (χ0n) is 12.8. The van der Waals surface area contributed by atoms with Crippen molar-refractivity contribution < 1.29 is 4.79 Å². The molecule has 5 nitrogen and oxygen atoms in total. The molecule has 2 amide bonds. The Hall–Kier alpha value is -2.82. The fraction of sp³-hybridized carbons (Fsp3) is 0.222. The quantitative estimate of drug-likeness (QED) is 0.751. The van der Waals surface area contributed by atoms with E-state index in [1.807, 2.05) is 53.4 Å². The van der Waals surface area contributed by atoms with Crippen LogP contribution in [0.25, 0.3) is 11.0 Å². The number of nitrogens with one attached hydrogen (secondary N) is 1. The third kappa shape index (κ3) is 2.65. The van der Waals surface area contributed by atoms with Gasteiger partial charge in [-0.1, -0.05) is 30.3 Å². The zero-order valence-corrected chi connectivity index (χ0v) is 12.8. The molecular weight excluding hydrogens is 288 g/mol. The number of hydrogen-bond donors (Lipinski definition) is 1. The second kappa shape index (κ2) is 5.76. The molecule has 1 aromatic heterocycles. The summed E-state index contributed by atoms with van der Waals surface area (Å²) >= 11 is 0. The smallest absolute Gasteiger partial charge is 0.321 e. The Bertz CT molecular complexity index is 841. The summed E-state index contributed by atoms with van der Waals surface area (Å²) < 4.78 is 2.23. The van der Waals surface area contributed by atoms with Crippen LogP contribution in [0, 0.1) is 0 Å². The van der Waals surface area contributed by atoms with E-state index in [-0.39, 0.29) is 6.03 Å². The molecule has 1 aliphatic rings. The van der Waals surface area contributed by atoms with Crippen LogP contribution in [0.5, 0.6) is 0 Å². The summed E-state index contributed by atoms with van der Waals surface area (Å²) in [5, 5.41) is 2.95. The fourth-order valence-electron chi connectivity index (χ4n) is 3.06. The minimum Gasteiger partial charge on any atom is -0.326 e. The summed E-state index contributed by atoms with van der Waals surface area (Å²) in [7, 11) is 0. The van der Waals surface area contributed by atoms with Crippen LogP contribution in [-0.2, 0) is 13.0 Å². The van der Waals surface area contributed by atoms with Crippen molar-refractivity contribution in [2.75, 3.05) is 18.4 Å². The van der Waals surface area contributed by atoms with E-state index >= 15 is 0 Å². The first-order valence-electron chi connectivity index (χ1n) is 7.86. The van der Waals surface area contributed by atoms with Crippen LogP contribution in [0.3, 0.4) is 0 Å². The van der Waals surface area contributed by atoms with Gasteiger partial charge in [0.15, 0.2) is 0 Å². The molecule has 0 bridgehead atoms. The number of aromatic nitrogens is 2. The van der Waals surface area contributed by atoms with E-state index in [9.17, 15) is 4.79 Å².